The lowest BCUT2D eigenvalue weighted by Gasteiger charge is -1.94. The average molecular weight is 254 g/mol. The van der Waals surface area contributed by atoms with Crippen molar-refractivity contribution in [2.45, 2.75) is 13.3 Å². The number of fused-ring (bicyclic) bond motifs is 1. The Kier molecular flexibility index (Phi) is 2.56. The van der Waals surface area contributed by atoms with Crippen molar-refractivity contribution in [3.05, 3.63) is 50.1 Å². The van der Waals surface area contributed by atoms with Crippen molar-refractivity contribution in [1.82, 2.24) is 5.43 Å². The fourth-order valence-electron chi connectivity index (χ4n) is 1.98. The van der Waals surface area contributed by atoms with Gasteiger partial charge in [-0.05, 0) is 6.92 Å². The quantitative estimate of drug-likeness (QED) is 0.728. The van der Waals surface area contributed by atoms with Gasteiger partial charge in [-0.1, -0.05) is 24.3 Å². The standard InChI is InChI=1S/C13H10N4O2/c1-7-6-10(15-14-7)16-17-11-12(18)8-4-2-3-5-9(8)13(11)19/h2-5H,6H2,1H3,(H,15,16). The lowest BCUT2D eigenvalue weighted by molar-refractivity contribution is 0.941. The molecule has 1 N–H and O–H groups in total. The van der Waals surface area contributed by atoms with Crippen molar-refractivity contribution < 1.29 is 0 Å². The molecule has 2 aromatic carbocycles. The Morgan fingerprint density at radius 2 is 1.74 bits per heavy atom. The molecule has 6 nitrogen and oxygen atoms in total. The number of nitrogens with zero attached hydrogens (tertiary/aromatic N) is 3. The Morgan fingerprint density at radius 3 is 2.26 bits per heavy atom. The van der Waals surface area contributed by atoms with Crippen molar-refractivity contribution in [3.63, 3.8) is 0 Å². The molecule has 0 saturated carbocycles. The van der Waals surface area contributed by atoms with Crippen molar-refractivity contribution in [2.24, 2.45) is 15.3 Å². The van der Waals surface area contributed by atoms with Crippen LogP contribution >= 0.6 is 0 Å². The lowest BCUT2D eigenvalue weighted by atomic mass is 10.2. The zero-order valence-corrected chi connectivity index (χ0v) is 10.2. The predicted molar refractivity (Wildman–Crippen MR) is 72.7 cm³/mol. The third-order valence-corrected chi connectivity index (χ3v) is 2.91. The molecule has 94 valence electrons. The normalized spacial score (nSPS) is 14.4. The van der Waals surface area contributed by atoms with Gasteiger partial charge >= 0.3 is 0 Å². The van der Waals surface area contributed by atoms with Crippen LogP contribution in [0.2, 0.25) is 0 Å². The molecule has 0 radical (unpaired) electrons. The summed E-state index contributed by atoms with van der Waals surface area (Å²) in [6.45, 7) is 1.84. The largest absolute Gasteiger partial charge is 0.287 e. The van der Waals surface area contributed by atoms with Gasteiger partial charge in [0, 0.05) is 22.9 Å². The second kappa shape index (κ2) is 4.24. The Bertz CT molecular complexity index is 820. The predicted octanol–water partition coefficient (Wildman–Crippen LogP) is 0.0192. The highest BCUT2D eigenvalue weighted by Gasteiger charge is 2.11. The summed E-state index contributed by atoms with van der Waals surface area (Å²) in [4.78, 5) is 24.0. The highest BCUT2D eigenvalue weighted by atomic mass is 16.1. The topological polar surface area (TPSA) is 83.2 Å². The third kappa shape index (κ3) is 1.87. The van der Waals surface area contributed by atoms with Gasteiger partial charge in [-0.3, -0.25) is 15.0 Å². The molecule has 1 heterocycles. The second-order valence-electron chi connectivity index (χ2n) is 4.33. The fraction of sp³-hybridized carbons (Fsp3) is 0.154. The molecule has 0 amide bonds. The van der Waals surface area contributed by atoms with Crippen LogP contribution in [0.15, 0.2) is 49.2 Å². The molecule has 0 unspecified atom stereocenters. The van der Waals surface area contributed by atoms with E-state index in [1.54, 1.807) is 24.3 Å². The van der Waals surface area contributed by atoms with Crippen LogP contribution in [-0.4, -0.2) is 11.5 Å². The fourth-order valence-corrected chi connectivity index (χ4v) is 1.98. The highest BCUT2D eigenvalue weighted by molar-refractivity contribution is 6.05. The molecule has 2 aromatic rings. The van der Waals surface area contributed by atoms with Crippen molar-refractivity contribution >= 4 is 22.3 Å². The number of rotatable bonds is 1. The van der Waals surface area contributed by atoms with Crippen LogP contribution in [0.1, 0.15) is 13.3 Å². The van der Waals surface area contributed by atoms with E-state index < -0.39 is 0 Å². The molecule has 0 spiro atoms. The smallest absolute Gasteiger partial charge is 0.217 e. The minimum absolute atomic E-state index is 0.103. The van der Waals surface area contributed by atoms with Gasteiger partial charge < -0.3 is 0 Å². The van der Waals surface area contributed by atoms with Crippen LogP contribution < -0.4 is 21.6 Å². The molecular formula is C13H10N4O2. The zero-order valence-electron chi connectivity index (χ0n) is 10.2. The third-order valence-electron chi connectivity index (χ3n) is 2.91. The Morgan fingerprint density at radius 1 is 1.11 bits per heavy atom. The lowest BCUT2D eigenvalue weighted by Crippen LogP contribution is -2.35. The van der Waals surface area contributed by atoms with E-state index in [4.69, 9.17) is 0 Å². The Labute approximate surface area is 107 Å². The van der Waals surface area contributed by atoms with E-state index in [0.29, 0.717) is 23.0 Å². The summed E-state index contributed by atoms with van der Waals surface area (Å²) in [7, 11) is 0. The first kappa shape index (κ1) is 11.5. The molecule has 19 heavy (non-hydrogen) atoms. The van der Waals surface area contributed by atoms with Gasteiger partial charge in [-0.2, -0.15) is 10.2 Å². The number of benzene rings is 1. The number of hydrogen-bond donors (Lipinski definition) is 1. The van der Waals surface area contributed by atoms with Crippen LogP contribution in [0.25, 0.3) is 10.8 Å². The van der Waals surface area contributed by atoms with Gasteiger partial charge in [0.15, 0.2) is 11.2 Å². The highest BCUT2D eigenvalue weighted by Crippen LogP contribution is 2.02. The van der Waals surface area contributed by atoms with Crippen molar-refractivity contribution in [1.29, 1.82) is 0 Å². The molecule has 0 fully saturated rings. The number of nitrogens with one attached hydrogen (secondary N) is 1. The van der Waals surface area contributed by atoms with Crippen LogP contribution in [0.4, 0.5) is 0 Å². The molecule has 6 heteroatoms. The minimum Gasteiger partial charge on any atom is -0.287 e. The van der Waals surface area contributed by atoms with Crippen molar-refractivity contribution in [3.8, 4) is 0 Å². The summed E-state index contributed by atoms with van der Waals surface area (Å²) in [5.41, 5.74) is 2.77. The van der Waals surface area contributed by atoms with Crippen LogP contribution in [-0.2, 0) is 0 Å². The second-order valence-corrected chi connectivity index (χ2v) is 4.33. The first-order chi connectivity index (χ1) is 9.16. The van der Waals surface area contributed by atoms with Crippen molar-refractivity contribution in [2.75, 3.05) is 0 Å². The summed E-state index contributed by atoms with van der Waals surface area (Å²) in [5.74, 6) is 0.529. The van der Waals surface area contributed by atoms with Gasteiger partial charge in [-0.25, -0.2) is 0 Å². The maximum atomic E-state index is 12.0. The summed E-state index contributed by atoms with van der Waals surface area (Å²) in [6, 6.07) is 6.69. The van der Waals surface area contributed by atoms with Gasteiger partial charge in [0.05, 0.1) is 0 Å². The van der Waals surface area contributed by atoms with E-state index in [1.807, 2.05) is 6.92 Å². The van der Waals surface area contributed by atoms with Crippen LogP contribution in [0.5, 0.6) is 0 Å². The molecule has 0 saturated heterocycles. The van der Waals surface area contributed by atoms with Crippen LogP contribution in [0.3, 0.4) is 0 Å². The number of hydrogen-bond acceptors (Lipinski definition) is 6. The van der Waals surface area contributed by atoms with Crippen LogP contribution in [0, 0.1) is 0 Å². The summed E-state index contributed by atoms with van der Waals surface area (Å²) >= 11 is 0. The van der Waals surface area contributed by atoms with Gasteiger partial charge in [-0.15, -0.1) is 5.10 Å². The first-order valence-electron chi connectivity index (χ1n) is 5.79. The van der Waals surface area contributed by atoms with Gasteiger partial charge in [0.1, 0.15) is 0 Å². The molecule has 0 atom stereocenters. The zero-order chi connectivity index (χ0) is 13.4. The van der Waals surface area contributed by atoms with E-state index >= 15 is 0 Å². The van der Waals surface area contributed by atoms with Gasteiger partial charge in [0.2, 0.25) is 10.9 Å². The average Bonchev–Trinajstić information content (AvgIpc) is 2.93. The monoisotopic (exact) mass is 254 g/mol. The van der Waals surface area contributed by atoms with E-state index in [-0.39, 0.29) is 16.2 Å². The molecule has 1 aliphatic heterocycles. The maximum absolute atomic E-state index is 12.0. The molecule has 0 bridgehead atoms. The Hall–Kier alpha value is -2.63. The molecular weight excluding hydrogens is 244 g/mol. The summed E-state index contributed by atoms with van der Waals surface area (Å²) < 4.78 is 0. The summed E-state index contributed by atoms with van der Waals surface area (Å²) in [6.07, 6.45) is 0.548. The maximum Gasteiger partial charge on any atom is 0.217 e. The van der Waals surface area contributed by atoms with E-state index in [2.05, 4.69) is 20.7 Å². The first-order valence-corrected chi connectivity index (χ1v) is 5.79. The minimum atomic E-state index is -0.357. The molecule has 0 aromatic heterocycles. The Balaban J connectivity index is 2.06. The molecule has 3 rings (SSSR count). The number of amidine groups is 1. The van der Waals surface area contributed by atoms with E-state index in [0.717, 1.165) is 5.71 Å². The van der Waals surface area contributed by atoms with E-state index in [9.17, 15) is 9.59 Å². The molecule has 1 aliphatic rings. The SMILES string of the molecule is CC1=NN=C(NN=c2c(=O)c3ccccc3c2=O)C1. The van der Waals surface area contributed by atoms with Gasteiger partial charge in [0.25, 0.3) is 0 Å². The summed E-state index contributed by atoms with van der Waals surface area (Å²) in [5, 5.41) is 12.3. The molecule has 0 aliphatic carbocycles. The van der Waals surface area contributed by atoms with E-state index in [1.165, 1.54) is 0 Å².